The maximum Gasteiger partial charge on any atom is 0.354 e. The monoisotopic (exact) mass is 266 g/mol. The predicted molar refractivity (Wildman–Crippen MR) is 68.2 cm³/mol. The number of carbonyl (C=O) groups excluding carboxylic acids is 1. The Morgan fingerprint density at radius 2 is 2.16 bits per heavy atom. The summed E-state index contributed by atoms with van der Waals surface area (Å²) < 4.78 is 1.22. The second-order valence-corrected chi connectivity index (χ2v) is 4.99. The van der Waals surface area contributed by atoms with Crippen LogP contribution in [0.25, 0.3) is 0 Å². The van der Waals surface area contributed by atoms with Crippen LogP contribution in [-0.4, -0.2) is 69.8 Å². The summed E-state index contributed by atoms with van der Waals surface area (Å²) in [7, 11) is 5.48. The van der Waals surface area contributed by atoms with Gasteiger partial charge in [-0.15, -0.1) is 0 Å². The molecule has 7 nitrogen and oxygen atoms in total. The molecule has 7 heteroatoms. The van der Waals surface area contributed by atoms with Crippen molar-refractivity contribution in [3.63, 3.8) is 0 Å². The van der Waals surface area contributed by atoms with Crippen LogP contribution in [0.4, 0.5) is 0 Å². The number of hydrogen-bond donors (Lipinski definition) is 1. The molecule has 1 aromatic rings. The standard InChI is InChI=1S/C12H18N4O3/c1-14(2)8-4-5-16(7-8)11(17)9-6-13-15(3)10(9)12(18)19/h6,8H,4-5,7H2,1-3H3,(H,18,19). The van der Waals surface area contributed by atoms with Crippen molar-refractivity contribution in [1.29, 1.82) is 0 Å². The molecule has 1 saturated heterocycles. The summed E-state index contributed by atoms with van der Waals surface area (Å²) >= 11 is 0. The zero-order valence-corrected chi connectivity index (χ0v) is 11.3. The van der Waals surface area contributed by atoms with E-state index in [9.17, 15) is 9.59 Å². The van der Waals surface area contributed by atoms with E-state index in [2.05, 4.69) is 10.00 Å². The molecule has 0 aliphatic carbocycles. The van der Waals surface area contributed by atoms with Gasteiger partial charge in [0.25, 0.3) is 5.91 Å². The highest BCUT2D eigenvalue weighted by atomic mass is 16.4. The zero-order chi connectivity index (χ0) is 14.2. The Balaban J connectivity index is 2.20. The molecule has 1 aliphatic heterocycles. The first-order valence-electron chi connectivity index (χ1n) is 6.12. The average molecular weight is 266 g/mol. The van der Waals surface area contributed by atoms with Crippen molar-refractivity contribution in [3.05, 3.63) is 17.5 Å². The van der Waals surface area contributed by atoms with Crippen molar-refractivity contribution in [2.75, 3.05) is 27.2 Å². The van der Waals surface area contributed by atoms with Crippen molar-refractivity contribution < 1.29 is 14.7 Å². The quantitative estimate of drug-likeness (QED) is 0.826. The molecule has 19 heavy (non-hydrogen) atoms. The largest absolute Gasteiger partial charge is 0.477 e. The van der Waals surface area contributed by atoms with Gasteiger partial charge in [0, 0.05) is 26.2 Å². The van der Waals surface area contributed by atoms with Gasteiger partial charge in [-0.05, 0) is 20.5 Å². The van der Waals surface area contributed by atoms with E-state index in [-0.39, 0.29) is 17.2 Å². The van der Waals surface area contributed by atoms with E-state index in [4.69, 9.17) is 5.11 Å². The molecule has 1 amide bonds. The van der Waals surface area contributed by atoms with Crippen LogP contribution >= 0.6 is 0 Å². The first-order valence-corrected chi connectivity index (χ1v) is 6.12. The Morgan fingerprint density at radius 3 is 2.68 bits per heavy atom. The zero-order valence-electron chi connectivity index (χ0n) is 11.3. The number of aromatic carboxylic acids is 1. The summed E-state index contributed by atoms with van der Waals surface area (Å²) in [5, 5.41) is 13.0. The summed E-state index contributed by atoms with van der Waals surface area (Å²) in [6.45, 7) is 1.27. The molecular weight excluding hydrogens is 248 g/mol. The second-order valence-electron chi connectivity index (χ2n) is 4.99. The lowest BCUT2D eigenvalue weighted by molar-refractivity contribution is 0.0669. The van der Waals surface area contributed by atoms with E-state index in [0.29, 0.717) is 19.1 Å². The molecule has 0 bridgehead atoms. The Bertz CT molecular complexity index is 509. The fourth-order valence-corrected chi connectivity index (χ4v) is 2.37. The van der Waals surface area contributed by atoms with Crippen molar-refractivity contribution in [3.8, 4) is 0 Å². The van der Waals surface area contributed by atoms with Gasteiger partial charge in [-0.2, -0.15) is 5.10 Å². The average Bonchev–Trinajstić information content (AvgIpc) is 2.93. The van der Waals surface area contributed by atoms with Gasteiger partial charge in [-0.25, -0.2) is 4.79 Å². The van der Waals surface area contributed by atoms with Crippen molar-refractivity contribution in [2.24, 2.45) is 7.05 Å². The summed E-state index contributed by atoms with van der Waals surface area (Å²) in [5.74, 6) is -1.39. The third kappa shape index (κ3) is 2.46. The highest BCUT2D eigenvalue weighted by Crippen LogP contribution is 2.18. The number of aryl methyl sites for hydroxylation is 1. The lowest BCUT2D eigenvalue weighted by Crippen LogP contribution is -2.35. The van der Waals surface area contributed by atoms with E-state index < -0.39 is 5.97 Å². The number of likely N-dealkylation sites (tertiary alicyclic amines) is 1. The van der Waals surface area contributed by atoms with Crippen LogP contribution in [0.5, 0.6) is 0 Å². The highest BCUT2D eigenvalue weighted by Gasteiger charge is 2.31. The van der Waals surface area contributed by atoms with E-state index >= 15 is 0 Å². The number of amides is 1. The fourth-order valence-electron chi connectivity index (χ4n) is 2.37. The number of carbonyl (C=O) groups is 2. The van der Waals surface area contributed by atoms with Gasteiger partial charge in [-0.1, -0.05) is 0 Å². The molecule has 1 aromatic heterocycles. The summed E-state index contributed by atoms with van der Waals surface area (Å²) in [5.41, 5.74) is 0.104. The minimum Gasteiger partial charge on any atom is -0.477 e. The minimum absolute atomic E-state index is 0.0571. The summed E-state index contributed by atoms with van der Waals surface area (Å²) in [6, 6.07) is 0.328. The second kappa shape index (κ2) is 5.00. The Hall–Kier alpha value is -1.89. The van der Waals surface area contributed by atoms with Crippen LogP contribution in [0.15, 0.2) is 6.20 Å². The molecule has 1 atom stereocenters. The van der Waals surface area contributed by atoms with Crippen LogP contribution in [0.2, 0.25) is 0 Å². The highest BCUT2D eigenvalue weighted by molar-refractivity contribution is 6.03. The molecule has 1 N–H and O–H groups in total. The number of rotatable bonds is 3. The molecular formula is C12H18N4O3. The molecule has 1 fully saturated rings. The van der Waals surface area contributed by atoms with E-state index in [1.54, 1.807) is 4.90 Å². The third-order valence-corrected chi connectivity index (χ3v) is 3.55. The van der Waals surface area contributed by atoms with E-state index in [1.807, 2.05) is 14.1 Å². The molecule has 104 valence electrons. The topological polar surface area (TPSA) is 78.7 Å². The lowest BCUT2D eigenvalue weighted by atomic mass is 10.2. The molecule has 0 radical (unpaired) electrons. The SMILES string of the molecule is CN(C)C1CCN(C(=O)c2cnn(C)c2C(=O)O)C1. The maximum atomic E-state index is 12.3. The summed E-state index contributed by atoms with van der Waals surface area (Å²) in [4.78, 5) is 27.3. The molecule has 0 spiro atoms. The van der Waals surface area contributed by atoms with Crippen LogP contribution < -0.4 is 0 Å². The molecule has 0 saturated carbocycles. The van der Waals surface area contributed by atoms with Gasteiger partial charge >= 0.3 is 5.97 Å². The van der Waals surface area contributed by atoms with Gasteiger partial charge < -0.3 is 14.9 Å². The lowest BCUT2D eigenvalue weighted by Gasteiger charge is -2.20. The van der Waals surface area contributed by atoms with Gasteiger partial charge in [0.2, 0.25) is 0 Å². The predicted octanol–water partition coefficient (Wildman–Crippen LogP) is -0.106. The van der Waals surface area contributed by atoms with Gasteiger partial charge in [0.15, 0.2) is 5.69 Å². The minimum atomic E-state index is -1.13. The Kier molecular flexibility index (Phi) is 3.57. The fraction of sp³-hybridized carbons (Fsp3) is 0.583. The van der Waals surface area contributed by atoms with Crippen LogP contribution in [-0.2, 0) is 7.05 Å². The van der Waals surface area contributed by atoms with Crippen molar-refractivity contribution in [2.45, 2.75) is 12.5 Å². The Labute approximate surface area is 111 Å². The van der Waals surface area contributed by atoms with Gasteiger partial charge in [-0.3, -0.25) is 9.48 Å². The van der Waals surface area contributed by atoms with Gasteiger partial charge in [0.05, 0.1) is 11.8 Å². The van der Waals surface area contributed by atoms with Crippen LogP contribution in [0.1, 0.15) is 27.3 Å². The number of carboxylic acids is 1. The molecule has 2 heterocycles. The van der Waals surface area contributed by atoms with Crippen LogP contribution in [0.3, 0.4) is 0 Å². The first-order chi connectivity index (χ1) is 8.91. The van der Waals surface area contributed by atoms with Crippen molar-refractivity contribution >= 4 is 11.9 Å². The van der Waals surface area contributed by atoms with E-state index in [1.165, 1.54) is 17.9 Å². The first kappa shape index (κ1) is 13.5. The molecule has 0 aromatic carbocycles. The number of hydrogen-bond acceptors (Lipinski definition) is 4. The number of carboxylic acid groups (broad SMARTS) is 1. The number of nitrogens with zero attached hydrogens (tertiary/aromatic N) is 4. The van der Waals surface area contributed by atoms with E-state index in [0.717, 1.165) is 6.42 Å². The maximum absolute atomic E-state index is 12.3. The number of likely N-dealkylation sites (N-methyl/N-ethyl adjacent to an activating group) is 1. The molecule has 1 aliphatic rings. The van der Waals surface area contributed by atoms with Crippen LogP contribution in [0, 0.1) is 0 Å². The smallest absolute Gasteiger partial charge is 0.354 e. The molecule has 2 rings (SSSR count). The third-order valence-electron chi connectivity index (χ3n) is 3.55. The molecule has 1 unspecified atom stereocenters. The van der Waals surface area contributed by atoms with Crippen molar-refractivity contribution in [1.82, 2.24) is 19.6 Å². The Morgan fingerprint density at radius 1 is 1.47 bits per heavy atom. The number of aromatic nitrogens is 2. The normalized spacial score (nSPS) is 19.2. The van der Waals surface area contributed by atoms with Gasteiger partial charge in [0.1, 0.15) is 0 Å². The summed E-state index contributed by atoms with van der Waals surface area (Å²) in [6.07, 6.45) is 2.23.